The van der Waals surface area contributed by atoms with E-state index in [1.54, 1.807) is 6.08 Å². The van der Waals surface area contributed by atoms with E-state index in [2.05, 4.69) is 11.9 Å². The minimum Gasteiger partial charge on any atom is -0.323 e. The molecule has 2 nitrogen and oxygen atoms in total. The van der Waals surface area contributed by atoms with Crippen LogP contribution in [0.2, 0.25) is 0 Å². The minimum absolute atomic E-state index is 0.0787. The fraction of sp³-hybridized carbons (Fsp3) is 0. The molecule has 1 aliphatic rings. The third-order valence-corrected chi connectivity index (χ3v) is 0.720. The van der Waals surface area contributed by atoms with Crippen LogP contribution in [0.1, 0.15) is 0 Å². The molecule has 0 saturated heterocycles. The SMILES string of the molecule is C=C1C=CC(=O)N1. The molecule has 1 heterocycles. The van der Waals surface area contributed by atoms with E-state index >= 15 is 0 Å². The predicted molar refractivity (Wildman–Crippen MR) is 26.4 cm³/mol. The number of hydrogen-bond donors (Lipinski definition) is 1. The second kappa shape index (κ2) is 1.22. The molecule has 0 aliphatic carbocycles. The normalized spacial score (nSPS) is 17.7. The van der Waals surface area contributed by atoms with Gasteiger partial charge in [0.2, 0.25) is 5.91 Å². The standard InChI is InChI=1S/C5H5NO/c1-4-2-3-5(7)6-4/h2-3H,1H2,(H,6,7). The van der Waals surface area contributed by atoms with Gasteiger partial charge in [0.25, 0.3) is 0 Å². The molecule has 36 valence electrons. The first-order valence-corrected chi connectivity index (χ1v) is 1.97. The van der Waals surface area contributed by atoms with Crippen LogP contribution in [0.25, 0.3) is 0 Å². The van der Waals surface area contributed by atoms with Crippen LogP contribution >= 0.6 is 0 Å². The molecule has 1 aliphatic heterocycles. The Morgan fingerprint density at radius 1 is 1.57 bits per heavy atom. The monoisotopic (exact) mass is 95.0 g/mol. The third kappa shape index (κ3) is 0.682. The highest BCUT2D eigenvalue weighted by Gasteiger charge is 2.01. The number of allylic oxidation sites excluding steroid dienone is 1. The molecule has 2 heteroatoms. The average Bonchev–Trinajstić information content (AvgIpc) is 1.87. The van der Waals surface area contributed by atoms with Crippen molar-refractivity contribution in [1.82, 2.24) is 5.32 Å². The largest absolute Gasteiger partial charge is 0.323 e. The van der Waals surface area contributed by atoms with Gasteiger partial charge in [0, 0.05) is 11.8 Å². The quantitative estimate of drug-likeness (QED) is 0.457. The van der Waals surface area contributed by atoms with Crippen LogP contribution in [0.15, 0.2) is 24.4 Å². The maximum absolute atomic E-state index is 10.2. The van der Waals surface area contributed by atoms with Crippen molar-refractivity contribution in [2.75, 3.05) is 0 Å². The fourth-order valence-electron chi connectivity index (χ4n) is 0.418. The van der Waals surface area contributed by atoms with E-state index < -0.39 is 0 Å². The molecular weight excluding hydrogens is 90.1 g/mol. The molecule has 0 spiro atoms. The lowest BCUT2D eigenvalue weighted by atomic mass is 10.5. The second-order valence-corrected chi connectivity index (χ2v) is 1.35. The van der Waals surface area contributed by atoms with Crippen molar-refractivity contribution in [3.8, 4) is 0 Å². The Balaban J connectivity index is 2.76. The molecule has 1 amide bonds. The molecule has 0 aromatic rings. The first-order chi connectivity index (χ1) is 3.29. The summed E-state index contributed by atoms with van der Waals surface area (Å²) in [6.07, 6.45) is 3.09. The van der Waals surface area contributed by atoms with E-state index in [-0.39, 0.29) is 5.91 Å². The molecule has 7 heavy (non-hydrogen) atoms. The second-order valence-electron chi connectivity index (χ2n) is 1.35. The zero-order chi connectivity index (χ0) is 5.28. The lowest BCUT2D eigenvalue weighted by molar-refractivity contribution is -0.115. The first-order valence-electron chi connectivity index (χ1n) is 1.97. The summed E-state index contributed by atoms with van der Waals surface area (Å²) in [6, 6.07) is 0. The molecule has 0 aromatic carbocycles. The smallest absolute Gasteiger partial charge is 0.248 e. The highest BCUT2D eigenvalue weighted by atomic mass is 16.1. The third-order valence-electron chi connectivity index (χ3n) is 0.720. The predicted octanol–water partition coefficient (Wildman–Crippen LogP) is 0.186. The molecule has 1 rings (SSSR count). The molecule has 0 atom stereocenters. The summed E-state index contributed by atoms with van der Waals surface area (Å²) in [5.41, 5.74) is 0.671. The van der Waals surface area contributed by atoms with Crippen LogP contribution in [-0.2, 0) is 4.79 Å². The van der Waals surface area contributed by atoms with Crippen LogP contribution in [-0.4, -0.2) is 5.91 Å². The van der Waals surface area contributed by atoms with E-state index in [9.17, 15) is 4.79 Å². The van der Waals surface area contributed by atoms with Crippen LogP contribution < -0.4 is 5.32 Å². The van der Waals surface area contributed by atoms with Crippen molar-refractivity contribution in [1.29, 1.82) is 0 Å². The van der Waals surface area contributed by atoms with Crippen molar-refractivity contribution in [3.63, 3.8) is 0 Å². The molecule has 0 radical (unpaired) electrons. The van der Waals surface area contributed by atoms with Crippen LogP contribution in [0.3, 0.4) is 0 Å². The Kier molecular flexibility index (Phi) is 0.719. The van der Waals surface area contributed by atoms with Crippen LogP contribution in [0.5, 0.6) is 0 Å². The van der Waals surface area contributed by atoms with E-state index in [1.807, 2.05) is 0 Å². The first kappa shape index (κ1) is 4.12. The van der Waals surface area contributed by atoms with Crippen molar-refractivity contribution in [2.24, 2.45) is 0 Å². The summed E-state index contributed by atoms with van der Waals surface area (Å²) in [5.74, 6) is -0.0787. The minimum atomic E-state index is -0.0787. The molecule has 0 saturated carbocycles. The summed E-state index contributed by atoms with van der Waals surface area (Å²) in [4.78, 5) is 10.2. The van der Waals surface area contributed by atoms with E-state index in [0.29, 0.717) is 5.70 Å². The van der Waals surface area contributed by atoms with Gasteiger partial charge in [-0.15, -0.1) is 0 Å². The van der Waals surface area contributed by atoms with Gasteiger partial charge in [-0.05, 0) is 6.08 Å². The lowest BCUT2D eigenvalue weighted by Crippen LogP contribution is -2.11. The summed E-state index contributed by atoms with van der Waals surface area (Å²) < 4.78 is 0. The van der Waals surface area contributed by atoms with Crippen LogP contribution in [0, 0.1) is 0 Å². The highest BCUT2D eigenvalue weighted by Crippen LogP contribution is 1.94. The summed E-state index contributed by atoms with van der Waals surface area (Å²) in [5, 5.41) is 2.47. The number of rotatable bonds is 0. The number of hydrogen-bond acceptors (Lipinski definition) is 1. The van der Waals surface area contributed by atoms with Gasteiger partial charge in [-0.25, -0.2) is 0 Å². The average molecular weight is 95.1 g/mol. The highest BCUT2D eigenvalue weighted by molar-refractivity contribution is 5.92. The topological polar surface area (TPSA) is 29.1 Å². The maximum atomic E-state index is 10.2. The molecule has 0 unspecified atom stereocenters. The Morgan fingerprint density at radius 3 is 2.43 bits per heavy atom. The van der Waals surface area contributed by atoms with E-state index in [0.717, 1.165) is 0 Å². The molecule has 0 fully saturated rings. The van der Waals surface area contributed by atoms with Crippen molar-refractivity contribution < 1.29 is 4.79 Å². The van der Waals surface area contributed by atoms with Gasteiger partial charge in [0.1, 0.15) is 0 Å². The lowest BCUT2D eigenvalue weighted by Gasteiger charge is -1.86. The number of carbonyl (C=O) groups excluding carboxylic acids is 1. The molecular formula is C5H5NO. The molecule has 1 N–H and O–H groups in total. The van der Waals surface area contributed by atoms with Gasteiger partial charge in [0.15, 0.2) is 0 Å². The number of carbonyl (C=O) groups is 1. The number of amides is 1. The molecule has 0 bridgehead atoms. The van der Waals surface area contributed by atoms with Crippen LogP contribution in [0.4, 0.5) is 0 Å². The van der Waals surface area contributed by atoms with Crippen molar-refractivity contribution >= 4 is 5.91 Å². The van der Waals surface area contributed by atoms with Gasteiger partial charge in [-0.3, -0.25) is 4.79 Å². The maximum Gasteiger partial charge on any atom is 0.248 e. The van der Waals surface area contributed by atoms with E-state index in [4.69, 9.17) is 0 Å². The summed E-state index contributed by atoms with van der Waals surface area (Å²) in [7, 11) is 0. The van der Waals surface area contributed by atoms with Crippen molar-refractivity contribution in [3.05, 3.63) is 24.4 Å². The van der Waals surface area contributed by atoms with Crippen molar-refractivity contribution in [2.45, 2.75) is 0 Å². The zero-order valence-corrected chi connectivity index (χ0v) is 3.77. The fourth-order valence-corrected chi connectivity index (χ4v) is 0.418. The molecule has 0 aromatic heterocycles. The Morgan fingerprint density at radius 2 is 2.29 bits per heavy atom. The Hall–Kier alpha value is -1.05. The van der Waals surface area contributed by atoms with Gasteiger partial charge >= 0.3 is 0 Å². The summed E-state index contributed by atoms with van der Waals surface area (Å²) in [6.45, 7) is 3.49. The summed E-state index contributed by atoms with van der Waals surface area (Å²) >= 11 is 0. The van der Waals surface area contributed by atoms with Gasteiger partial charge < -0.3 is 5.32 Å². The van der Waals surface area contributed by atoms with Gasteiger partial charge in [0.05, 0.1) is 0 Å². The number of nitrogens with one attached hydrogen (secondary N) is 1. The zero-order valence-electron chi connectivity index (χ0n) is 3.77. The van der Waals surface area contributed by atoms with Gasteiger partial charge in [-0.1, -0.05) is 6.58 Å². The Labute approximate surface area is 41.5 Å². The van der Waals surface area contributed by atoms with Gasteiger partial charge in [-0.2, -0.15) is 0 Å². The Bertz CT molecular complexity index is 130. The van der Waals surface area contributed by atoms with E-state index in [1.165, 1.54) is 6.08 Å².